The highest BCUT2D eigenvalue weighted by Crippen LogP contribution is 2.19. The largest absolute Gasteiger partial charge is 0.390 e. The van der Waals surface area contributed by atoms with E-state index in [0.717, 1.165) is 11.3 Å². The van der Waals surface area contributed by atoms with E-state index in [1.165, 1.54) is 0 Å². The molecule has 0 saturated carbocycles. The van der Waals surface area contributed by atoms with Gasteiger partial charge < -0.3 is 5.11 Å². The number of rotatable bonds is 1. The van der Waals surface area contributed by atoms with Crippen LogP contribution in [0.25, 0.3) is 0 Å². The van der Waals surface area contributed by atoms with Crippen LogP contribution in [0, 0.1) is 0 Å². The van der Waals surface area contributed by atoms with Gasteiger partial charge in [-0.1, -0.05) is 11.6 Å². The van der Waals surface area contributed by atoms with E-state index in [9.17, 15) is 0 Å². The smallest absolute Gasteiger partial charge is 0.0915 e. The summed E-state index contributed by atoms with van der Waals surface area (Å²) in [4.78, 5) is 8.20. The Bertz CT molecular complexity index is 349. The number of halogens is 1. The van der Waals surface area contributed by atoms with Crippen LogP contribution in [0.3, 0.4) is 0 Å². The molecule has 12 heavy (non-hydrogen) atoms. The molecule has 1 aromatic rings. The number of aliphatic hydroxyl groups excluding tert-OH is 1. The quantitative estimate of drug-likeness (QED) is 0.705. The Kier molecular flexibility index (Phi) is 1.83. The second-order valence-electron chi connectivity index (χ2n) is 2.58. The van der Waals surface area contributed by atoms with Crippen molar-refractivity contribution in [3.05, 3.63) is 28.5 Å². The fourth-order valence-corrected chi connectivity index (χ4v) is 1.42. The summed E-state index contributed by atoms with van der Waals surface area (Å²) in [5, 5.41) is 9.49. The summed E-state index contributed by atoms with van der Waals surface area (Å²) in [6, 6.07) is 1.83. The van der Waals surface area contributed by atoms with Crippen LogP contribution in [0.2, 0.25) is 5.02 Å². The van der Waals surface area contributed by atoms with Gasteiger partial charge in [-0.05, 0) is 6.07 Å². The molecule has 0 atom stereocenters. The molecule has 0 unspecified atom stereocenters. The summed E-state index contributed by atoms with van der Waals surface area (Å²) in [6.45, 7) is 0.528. The molecule has 0 amide bonds. The van der Waals surface area contributed by atoms with Crippen LogP contribution < -0.4 is 0 Å². The summed E-state index contributed by atoms with van der Waals surface area (Å²) >= 11 is 5.74. The molecule has 2 heterocycles. The molecule has 4 heteroatoms. The molecule has 1 aliphatic heterocycles. The van der Waals surface area contributed by atoms with Crippen molar-refractivity contribution in [1.29, 1.82) is 0 Å². The average molecular weight is 183 g/mol. The zero-order valence-corrected chi connectivity index (χ0v) is 7.04. The molecule has 0 radical (unpaired) electrons. The molecular formula is C8H7ClN2O. The lowest BCUT2D eigenvalue weighted by Gasteiger charge is -1.98. The summed E-state index contributed by atoms with van der Waals surface area (Å²) in [5.41, 5.74) is 2.43. The maximum Gasteiger partial charge on any atom is 0.0915 e. The monoisotopic (exact) mass is 182 g/mol. The lowest BCUT2D eigenvalue weighted by Crippen LogP contribution is -2.05. The fraction of sp³-hybridized carbons (Fsp3) is 0.250. The summed E-state index contributed by atoms with van der Waals surface area (Å²) in [6.07, 6.45) is 1.57. The van der Waals surface area contributed by atoms with Gasteiger partial charge in [-0.25, -0.2) is 0 Å². The van der Waals surface area contributed by atoms with E-state index in [0.29, 0.717) is 17.3 Å². The lowest BCUT2D eigenvalue weighted by molar-refractivity contribution is 0.357. The molecule has 0 fully saturated rings. The lowest BCUT2D eigenvalue weighted by atomic mass is 10.2. The Morgan fingerprint density at radius 2 is 2.42 bits per heavy atom. The normalized spacial score (nSPS) is 14.3. The van der Waals surface area contributed by atoms with Gasteiger partial charge in [-0.3, -0.25) is 9.98 Å². The van der Waals surface area contributed by atoms with Crippen molar-refractivity contribution in [2.24, 2.45) is 4.99 Å². The first kappa shape index (κ1) is 7.71. The van der Waals surface area contributed by atoms with Gasteiger partial charge in [0.05, 0.1) is 29.6 Å². The van der Waals surface area contributed by atoms with Crippen molar-refractivity contribution in [2.45, 2.75) is 6.54 Å². The maximum absolute atomic E-state index is 8.88. The van der Waals surface area contributed by atoms with E-state index in [1.807, 2.05) is 6.07 Å². The molecule has 1 aromatic heterocycles. The highest BCUT2D eigenvalue weighted by Gasteiger charge is 2.16. The number of nitrogens with zero attached hydrogens (tertiary/aromatic N) is 2. The average Bonchev–Trinajstić information content (AvgIpc) is 2.46. The molecule has 0 aromatic carbocycles. The first-order valence-electron chi connectivity index (χ1n) is 3.60. The van der Waals surface area contributed by atoms with Crippen LogP contribution in [0.1, 0.15) is 11.3 Å². The van der Waals surface area contributed by atoms with Gasteiger partial charge >= 0.3 is 0 Å². The van der Waals surface area contributed by atoms with Crippen molar-refractivity contribution in [2.75, 3.05) is 6.61 Å². The third kappa shape index (κ3) is 1.11. The molecule has 2 rings (SSSR count). The minimum absolute atomic E-state index is 0.0539. The number of hydrogen-bond donors (Lipinski definition) is 1. The van der Waals surface area contributed by atoms with Crippen LogP contribution >= 0.6 is 11.6 Å². The number of hydrogen-bond acceptors (Lipinski definition) is 3. The summed E-state index contributed by atoms with van der Waals surface area (Å²) in [7, 11) is 0. The zero-order chi connectivity index (χ0) is 8.55. The number of aliphatic imine (C=N–C) groups is 1. The first-order chi connectivity index (χ1) is 5.81. The van der Waals surface area contributed by atoms with Crippen molar-refractivity contribution in [1.82, 2.24) is 4.98 Å². The third-order valence-corrected chi connectivity index (χ3v) is 2.00. The van der Waals surface area contributed by atoms with Gasteiger partial charge in [0.2, 0.25) is 0 Å². The molecular weight excluding hydrogens is 176 g/mol. The van der Waals surface area contributed by atoms with Crippen molar-refractivity contribution in [3.63, 3.8) is 0 Å². The molecule has 0 spiro atoms. The standard InChI is InChI=1S/C8H7ClN2O/c9-6-1-5-2-10-7(4-12)8(5)11-3-6/h1,3,12H,2,4H2. The van der Waals surface area contributed by atoms with Crippen LogP contribution in [0.5, 0.6) is 0 Å². The summed E-state index contributed by atoms with van der Waals surface area (Å²) < 4.78 is 0. The van der Waals surface area contributed by atoms with Gasteiger partial charge in [0.1, 0.15) is 0 Å². The van der Waals surface area contributed by atoms with E-state index in [1.54, 1.807) is 6.20 Å². The second kappa shape index (κ2) is 2.84. The van der Waals surface area contributed by atoms with E-state index in [4.69, 9.17) is 16.7 Å². The van der Waals surface area contributed by atoms with Gasteiger partial charge in [0.15, 0.2) is 0 Å². The Balaban J connectivity index is 2.47. The third-order valence-electron chi connectivity index (χ3n) is 1.80. The van der Waals surface area contributed by atoms with Crippen molar-refractivity contribution >= 4 is 17.3 Å². The fourth-order valence-electron chi connectivity index (χ4n) is 1.24. The number of fused-ring (bicyclic) bond motifs is 1. The number of aliphatic hydroxyl groups is 1. The molecule has 0 aliphatic carbocycles. The highest BCUT2D eigenvalue weighted by molar-refractivity contribution is 6.30. The molecule has 1 aliphatic rings. The Labute approximate surface area is 74.7 Å². The minimum atomic E-state index is -0.0539. The minimum Gasteiger partial charge on any atom is -0.390 e. The summed E-state index contributed by atoms with van der Waals surface area (Å²) in [5.74, 6) is 0. The van der Waals surface area contributed by atoms with Gasteiger partial charge in [0, 0.05) is 11.8 Å². The van der Waals surface area contributed by atoms with Gasteiger partial charge in [-0.2, -0.15) is 0 Å². The molecule has 0 saturated heterocycles. The van der Waals surface area contributed by atoms with Crippen molar-refractivity contribution in [3.8, 4) is 0 Å². The van der Waals surface area contributed by atoms with Gasteiger partial charge in [-0.15, -0.1) is 0 Å². The predicted molar refractivity (Wildman–Crippen MR) is 46.6 cm³/mol. The van der Waals surface area contributed by atoms with E-state index in [2.05, 4.69) is 9.98 Å². The SMILES string of the molecule is OCC1=NCc2cc(Cl)cnc21. The van der Waals surface area contributed by atoms with Crippen LogP contribution in [-0.4, -0.2) is 22.4 Å². The predicted octanol–water partition coefficient (Wildman–Crippen LogP) is 1.03. The number of pyridine rings is 1. The maximum atomic E-state index is 8.88. The zero-order valence-electron chi connectivity index (χ0n) is 6.29. The Hall–Kier alpha value is -0.930. The van der Waals surface area contributed by atoms with Gasteiger partial charge in [0.25, 0.3) is 0 Å². The number of aromatic nitrogens is 1. The van der Waals surface area contributed by atoms with Crippen LogP contribution in [-0.2, 0) is 6.54 Å². The van der Waals surface area contributed by atoms with E-state index in [-0.39, 0.29) is 6.61 Å². The molecule has 1 N–H and O–H groups in total. The molecule has 62 valence electrons. The molecule has 3 nitrogen and oxygen atoms in total. The highest BCUT2D eigenvalue weighted by atomic mass is 35.5. The molecule has 0 bridgehead atoms. The Morgan fingerprint density at radius 1 is 1.58 bits per heavy atom. The topological polar surface area (TPSA) is 45.5 Å². The van der Waals surface area contributed by atoms with Crippen molar-refractivity contribution < 1.29 is 5.11 Å². The Morgan fingerprint density at radius 3 is 3.17 bits per heavy atom. The first-order valence-corrected chi connectivity index (χ1v) is 3.98. The van der Waals surface area contributed by atoms with Crippen LogP contribution in [0.4, 0.5) is 0 Å². The van der Waals surface area contributed by atoms with E-state index < -0.39 is 0 Å². The van der Waals surface area contributed by atoms with E-state index >= 15 is 0 Å². The van der Waals surface area contributed by atoms with Crippen LogP contribution in [0.15, 0.2) is 17.3 Å². The second-order valence-corrected chi connectivity index (χ2v) is 3.02.